The van der Waals surface area contributed by atoms with E-state index in [2.05, 4.69) is 55.1 Å². The van der Waals surface area contributed by atoms with Crippen molar-refractivity contribution < 1.29 is 0 Å². The molecule has 0 aliphatic rings. The summed E-state index contributed by atoms with van der Waals surface area (Å²) in [6, 6.07) is 8.38. The third-order valence-electron chi connectivity index (χ3n) is 3.08. The van der Waals surface area contributed by atoms with Crippen molar-refractivity contribution in [2.24, 2.45) is 12.8 Å². The summed E-state index contributed by atoms with van der Waals surface area (Å²) in [6.45, 7) is 7.04. The average molecular weight is 258 g/mol. The van der Waals surface area contributed by atoms with E-state index < -0.39 is 0 Å². The molecule has 0 unspecified atom stereocenters. The number of nitrogens with two attached hydrogens (primary N) is 1. The van der Waals surface area contributed by atoms with Gasteiger partial charge in [0.25, 0.3) is 0 Å². The highest BCUT2D eigenvalue weighted by molar-refractivity contribution is 5.55. The molecule has 4 heteroatoms. The van der Waals surface area contributed by atoms with E-state index in [1.165, 1.54) is 5.56 Å². The molecule has 0 bridgehead atoms. The lowest BCUT2D eigenvalue weighted by molar-refractivity contribution is 0.538. The second-order valence-corrected chi connectivity index (χ2v) is 5.87. The highest BCUT2D eigenvalue weighted by atomic mass is 15.3. The van der Waals surface area contributed by atoms with Gasteiger partial charge in [-0.25, -0.2) is 9.67 Å². The molecule has 1 aromatic heterocycles. The maximum absolute atomic E-state index is 5.56. The van der Waals surface area contributed by atoms with Crippen LogP contribution in [0.2, 0.25) is 0 Å². The molecule has 0 amide bonds. The quantitative estimate of drug-likeness (QED) is 0.919. The van der Waals surface area contributed by atoms with Crippen molar-refractivity contribution in [2.45, 2.75) is 32.6 Å². The van der Waals surface area contributed by atoms with Crippen LogP contribution < -0.4 is 5.73 Å². The molecule has 1 heterocycles. The standard InChI is InChI=1S/C15H22N4/c1-15(2,3)14-17-13(19(4)18-14)12-7-5-11(6-8-12)9-10-16/h5-8H,9-10,16H2,1-4H3. The molecular formula is C15H22N4. The van der Waals surface area contributed by atoms with Gasteiger partial charge in [-0.15, -0.1) is 0 Å². The second-order valence-electron chi connectivity index (χ2n) is 5.87. The Morgan fingerprint density at radius 1 is 1.16 bits per heavy atom. The van der Waals surface area contributed by atoms with Gasteiger partial charge in [0.05, 0.1) is 0 Å². The van der Waals surface area contributed by atoms with E-state index in [0.29, 0.717) is 6.54 Å². The van der Waals surface area contributed by atoms with E-state index in [9.17, 15) is 0 Å². The van der Waals surface area contributed by atoms with E-state index in [1.54, 1.807) is 0 Å². The molecule has 102 valence electrons. The molecule has 0 aliphatic heterocycles. The van der Waals surface area contributed by atoms with Crippen molar-refractivity contribution in [3.8, 4) is 11.4 Å². The zero-order valence-corrected chi connectivity index (χ0v) is 12.1. The second kappa shape index (κ2) is 5.13. The Balaban J connectivity index is 2.34. The first kappa shape index (κ1) is 13.7. The Kier molecular flexibility index (Phi) is 3.71. The minimum atomic E-state index is -0.0322. The molecule has 0 radical (unpaired) electrons. The summed E-state index contributed by atoms with van der Waals surface area (Å²) < 4.78 is 1.85. The molecule has 2 aromatic rings. The Morgan fingerprint density at radius 2 is 1.79 bits per heavy atom. The maximum atomic E-state index is 5.56. The molecule has 2 N–H and O–H groups in total. The third kappa shape index (κ3) is 3.01. The summed E-state index contributed by atoms with van der Waals surface area (Å²) in [6.07, 6.45) is 0.909. The SMILES string of the molecule is Cn1nc(C(C)(C)C)nc1-c1ccc(CCN)cc1. The largest absolute Gasteiger partial charge is 0.330 e. The number of hydrogen-bond donors (Lipinski definition) is 1. The third-order valence-corrected chi connectivity index (χ3v) is 3.08. The molecule has 0 saturated carbocycles. The van der Waals surface area contributed by atoms with Crippen LogP contribution in [0.1, 0.15) is 32.2 Å². The molecule has 1 aromatic carbocycles. The van der Waals surface area contributed by atoms with Crippen molar-refractivity contribution >= 4 is 0 Å². The minimum absolute atomic E-state index is 0.0322. The summed E-state index contributed by atoms with van der Waals surface area (Å²) in [4.78, 5) is 4.65. The molecule has 0 saturated heterocycles. The smallest absolute Gasteiger partial charge is 0.158 e. The Bertz CT molecular complexity index is 547. The van der Waals surface area contributed by atoms with Crippen molar-refractivity contribution in [3.63, 3.8) is 0 Å². The lowest BCUT2D eigenvalue weighted by atomic mass is 9.96. The molecule has 0 aliphatic carbocycles. The van der Waals surface area contributed by atoms with E-state index in [-0.39, 0.29) is 5.41 Å². The maximum Gasteiger partial charge on any atom is 0.158 e. The van der Waals surface area contributed by atoms with E-state index in [0.717, 1.165) is 23.6 Å². The van der Waals surface area contributed by atoms with E-state index in [1.807, 2.05) is 11.7 Å². The van der Waals surface area contributed by atoms with Crippen LogP contribution in [0.25, 0.3) is 11.4 Å². The topological polar surface area (TPSA) is 56.7 Å². The zero-order chi connectivity index (χ0) is 14.0. The van der Waals surface area contributed by atoms with Crippen LogP contribution in [-0.2, 0) is 18.9 Å². The highest BCUT2D eigenvalue weighted by Gasteiger charge is 2.21. The van der Waals surface area contributed by atoms with Gasteiger partial charge in [-0.2, -0.15) is 5.10 Å². The number of aromatic nitrogens is 3. The summed E-state index contributed by atoms with van der Waals surface area (Å²) >= 11 is 0. The fourth-order valence-electron chi connectivity index (χ4n) is 1.94. The predicted molar refractivity (Wildman–Crippen MR) is 77.9 cm³/mol. The number of hydrogen-bond acceptors (Lipinski definition) is 3. The first-order valence-corrected chi connectivity index (χ1v) is 6.62. The van der Waals surface area contributed by atoms with E-state index >= 15 is 0 Å². The summed E-state index contributed by atoms with van der Waals surface area (Å²) in [5, 5.41) is 4.50. The molecule has 4 nitrogen and oxygen atoms in total. The fraction of sp³-hybridized carbons (Fsp3) is 0.467. The molecule has 0 atom stereocenters. The summed E-state index contributed by atoms with van der Waals surface area (Å²) in [5.41, 5.74) is 7.87. The van der Waals surface area contributed by atoms with Gasteiger partial charge in [-0.05, 0) is 18.5 Å². The number of rotatable bonds is 3. The lowest BCUT2D eigenvalue weighted by Crippen LogP contribution is -2.13. The minimum Gasteiger partial charge on any atom is -0.330 e. The number of nitrogens with zero attached hydrogens (tertiary/aromatic N) is 3. The van der Waals surface area contributed by atoms with E-state index in [4.69, 9.17) is 5.73 Å². The molecule has 0 spiro atoms. The van der Waals surface area contributed by atoms with Gasteiger partial charge >= 0.3 is 0 Å². The molecular weight excluding hydrogens is 236 g/mol. The van der Waals surface area contributed by atoms with Crippen molar-refractivity contribution in [1.82, 2.24) is 14.8 Å². The molecule has 0 fully saturated rings. The van der Waals surface area contributed by atoms with Crippen LogP contribution in [0.4, 0.5) is 0 Å². The van der Waals surface area contributed by atoms with Gasteiger partial charge in [0, 0.05) is 18.0 Å². The van der Waals surface area contributed by atoms with Gasteiger partial charge in [0.15, 0.2) is 11.6 Å². The zero-order valence-electron chi connectivity index (χ0n) is 12.1. The Hall–Kier alpha value is -1.68. The lowest BCUT2D eigenvalue weighted by Gasteiger charge is -2.11. The monoisotopic (exact) mass is 258 g/mol. The number of benzene rings is 1. The number of aryl methyl sites for hydroxylation is 1. The van der Waals surface area contributed by atoms with Crippen LogP contribution in [0.3, 0.4) is 0 Å². The molecule has 2 rings (SSSR count). The normalized spacial score (nSPS) is 11.8. The summed E-state index contributed by atoms with van der Waals surface area (Å²) in [5.74, 6) is 1.78. The molecule has 19 heavy (non-hydrogen) atoms. The first-order valence-electron chi connectivity index (χ1n) is 6.62. The Morgan fingerprint density at radius 3 is 2.26 bits per heavy atom. The van der Waals surface area contributed by atoms with Gasteiger partial charge < -0.3 is 5.73 Å². The van der Waals surface area contributed by atoms with Gasteiger partial charge in [0.2, 0.25) is 0 Å². The van der Waals surface area contributed by atoms with Gasteiger partial charge in [-0.1, -0.05) is 45.0 Å². The highest BCUT2D eigenvalue weighted by Crippen LogP contribution is 2.23. The van der Waals surface area contributed by atoms with Crippen LogP contribution >= 0.6 is 0 Å². The Labute approximate surface area is 114 Å². The first-order chi connectivity index (χ1) is 8.91. The van der Waals surface area contributed by atoms with Crippen molar-refractivity contribution in [2.75, 3.05) is 6.54 Å². The van der Waals surface area contributed by atoms with Crippen LogP contribution in [0, 0.1) is 0 Å². The van der Waals surface area contributed by atoms with Crippen LogP contribution in [0.5, 0.6) is 0 Å². The predicted octanol–water partition coefficient (Wildman–Crippen LogP) is 2.28. The van der Waals surface area contributed by atoms with Gasteiger partial charge in [0.1, 0.15) is 0 Å². The van der Waals surface area contributed by atoms with Crippen molar-refractivity contribution in [1.29, 1.82) is 0 Å². The summed E-state index contributed by atoms with van der Waals surface area (Å²) in [7, 11) is 1.94. The van der Waals surface area contributed by atoms with Crippen molar-refractivity contribution in [3.05, 3.63) is 35.7 Å². The fourth-order valence-corrected chi connectivity index (χ4v) is 1.94. The van der Waals surface area contributed by atoms with Crippen LogP contribution in [0.15, 0.2) is 24.3 Å². The van der Waals surface area contributed by atoms with Gasteiger partial charge in [-0.3, -0.25) is 0 Å². The van der Waals surface area contributed by atoms with Crippen LogP contribution in [-0.4, -0.2) is 21.3 Å². The average Bonchev–Trinajstić information content (AvgIpc) is 2.73.